The Hall–Kier alpha value is -1.33. The minimum atomic E-state index is -0.0423. The van der Waals surface area contributed by atoms with Crippen molar-refractivity contribution < 1.29 is 9.53 Å². The van der Waals surface area contributed by atoms with Gasteiger partial charge in [-0.25, -0.2) is 0 Å². The molecule has 5 heteroatoms. The van der Waals surface area contributed by atoms with Crippen LogP contribution >= 0.6 is 15.9 Å². The molecule has 1 amide bonds. The van der Waals surface area contributed by atoms with Gasteiger partial charge in [0.15, 0.2) is 0 Å². The van der Waals surface area contributed by atoms with Gasteiger partial charge in [-0.2, -0.15) is 0 Å². The lowest BCUT2D eigenvalue weighted by Gasteiger charge is -2.15. The Bertz CT molecular complexity index is 449. The first-order valence-corrected chi connectivity index (χ1v) is 6.82. The summed E-state index contributed by atoms with van der Waals surface area (Å²) in [6.07, 6.45) is 1.65. The van der Waals surface area contributed by atoms with Crippen molar-refractivity contribution in [2.24, 2.45) is 0 Å². The van der Waals surface area contributed by atoms with Crippen molar-refractivity contribution in [3.63, 3.8) is 0 Å². The second kappa shape index (κ2) is 7.96. The van der Waals surface area contributed by atoms with Crippen LogP contribution in [0.1, 0.15) is 18.5 Å². The van der Waals surface area contributed by atoms with Gasteiger partial charge >= 0.3 is 0 Å². The van der Waals surface area contributed by atoms with Crippen LogP contribution in [0.3, 0.4) is 0 Å². The third-order valence-corrected chi connectivity index (χ3v) is 3.31. The van der Waals surface area contributed by atoms with Gasteiger partial charge in [0.2, 0.25) is 5.91 Å². The van der Waals surface area contributed by atoms with Gasteiger partial charge in [-0.3, -0.25) is 4.79 Å². The minimum Gasteiger partial charge on any atom is -0.496 e. The Kier molecular flexibility index (Phi) is 6.59. The molecule has 0 saturated heterocycles. The zero-order chi connectivity index (χ0) is 14.3. The van der Waals surface area contributed by atoms with Crippen LogP contribution in [0, 0.1) is 0 Å². The number of halogens is 1. The van der Waals surface area contributed by atoms with E-state index in [2.05, 4.69) is 33.1 Å². The molecule has 2 N–H and O–H groups in total. The summed E-state index contributed by atoms with van der Waals surface area (Å²) >= 11 is 3.45. The van der Waals surface area contributed by atoms with E-state index in [1.165, 1.54) is 0 Å². The van der Waals surface area contributed by atoms with Gasteiger partial charge in [-0.15, -0.1) is 6.58 Å². The molecule has 0 bridgehead atoms. The van der Waals surface area contributed by atoms with E-state index >= 15 is 0 Å². The summed E-state index contributed by atoms with van der Waals surface area (Å²) in [5.74, 6) is 0.749. The topological polar surface area (TPSA) is 50.4 Å². The Labute approximate surface area is 122 Å². The number of carbonyl (C=O) groups excluding carboxylic acids is 1. The summed E-state index contributed by atoms with van der Waals surface area (Å²) in [4.78, 5) is 11.5. The number of amides is 1. The molecule has 0 saturated carbocycles. The molecule has 1 aromatic rings. The smallest absolute Gasteiger partial charge is 0.234 e. The van der Waals surface area contributed by atoms with Crippen LogP contribution < -0.4 is 15.4 Å². The van der Waals surface area contributed by atoms with Crippen LogP contribution in [0.25, 0.3) is 0 Å². The van der Waals surface area contributed by atoms with E-state index in [4.69, 9.17) is 4.74 Å². The standard InChI is InChI=1S/C14H19BrN2O2/c1-4-7-16-14(18)9-17-10(2)11-5-6-13(19-3)12(15)8-11/h4-6,8,10,17H,1,7,9H2,2-3H3,(H,16,18)/t10-/m0/s1. The van der Waals surface area contributed by atoms with Crippen LogP contribution in [0.5, 0.6) is 5.75 Å². The molecule has 0 unspecified atom stereocenters. The maximum absolute atomic E-state index is 11.5. The molecule has 0 aromatic heterocycles. The molecule has 0 heterocycles. The number of carbonyl (C=O) groups is 1. The molecule has 0 radical (unpaired) electrons. The SMILES string of the molecule is C=CCNC(=O)CN[C@@H](C)c1ccc(OC)c(Br)c1. The minimum absolute atomic E-state index is 0.0423. The molecule has 0 spiro atoms. The zero-order valence-electron chi connectivity index (χ0n) is 11.2. The summed E-state index contributed by atoms with van der Waals surface area (Å²) in [5.41, 5.74) is 1.09. The Balaban J connectivity index is 2.53. The predicted octanol–water partition coefficient (Wildman–Crippen LogP) is 2.41. The number of rotatable bonds is 7. The van der Waals surface area contributed by atoms with E-state index in [0.717, 1.165) is 15.8 Å². The lowest BCUT2D eigenvalue weighted by atomic mass is 10.1. The van der Waals surface area contributed by atoms with Crippen molar-refractivity contribution in [3.05, 3.63) is 40.9 Å². The van der Waals surface area contributed by atoms with Crippen molar-refractivity contribution in [3.8, 4) is 5.75 Å². The maximum Gasteiger partial charge on any atom is 0.234 e. The molecule has 104 valence electrons. The predicted molar refractivity (Wildman–Crippen MR) is 80.3 cm³/mol. The molecule has 1 aromatic carbocycles. The first-order valence-electron chi connectivity index (χ1n) is 6.03. The summed E-state index contributed by atoms with van der Waals surface area (Å²) in [7, 11) is 1.63. The average molecular weight is 327 g/mol. The van der Waals surface area contributed by atoms with Crippen LogP contribution in [-0.2, 0) is 4.79 Å². The molecule has 0 aliphatic rings. The van der Waals surface area contributed by atoms with Crippen LogP contribution in [0.4, 0.5) is 0 Å². The second-order valence-corrected chi connectivity index (χ2v) is 4.94. The number of ether oxygens (including phenoxy) is 1. The van der Waals surface area contributed by atoms with E-state index in [1.807, 2.05) is 25.1 Å². The second-order valence-electron chi connectivity index (χ2n) is 4.09. The van der Waals surface area contributed by atoms with Crippen molar-refractivity contribution >= 4 is 21.8 Å². The van der Waals surface area contributed by atoms with Crippen molar-refractivity contribution in [2.75, 3.05) is 20.2 Å². The molecule has 0 aliphatic carbocycles. The van der Waals surface area contributed by atoms with E-state index in [-0.39, 0.29) is 18.5 Å². The normalized spacial score (nSPS) is 11.7. The molecule has 19 heavy (non-hydrogen) atoms. The lowest BCUT2D eigenvalue weighted by Crippen LogP contribution is -2.35. The van der Waals surface area contributed by atoms with E-state index < -0.39 is 0 Å². The monoisotopic (exact) mass is 326 g/mol. The summed E-state index contributed by atoms with van der Waals surface area (Å²) in [6, 6.07) is 5.94. The molecular formula is C14H19BrN2O2. The van der Waals surface area contributed by atoms with Crippen LogP contribution in [0.15, 0.2) is 35.3 Å². The van der Waals surface area contributed by atoms with Gasteiger partial charge in [-0.1, -0.05) is 12.1 Å². The van der Waals surface area contributed by atoms with Crippen molar-refractivity contribution in [1.29, 1.82) is 0 Å². The van der Waals surface area contributed by atoms with Gasteiger partial charge in [0.25, 0.3) is 0 Å². The largest absolute Gasteiger partial charge is 0.496 e. The molecular weight excluding hydrogens is 308 g/mol. The van der Waals surface area contributed by atoms with E-state index in [9.17, 15) is 4.79 Å². The van der Waals surface area contributed by atoms with Crippen LogP contribution in [0.2, 0.25) is 0 Å². The molecule has 1 rings (SSSR count). The number of hydrogen-bond donors (Lipinski definition) is 2. The highest BCUT2D eigenvalue weighted by molar-refractivity contribution is 9.10. The van der Waals surface area contributed by atoms with Gasteiger partial charge in [0.05, 0.1) is 18.1 Å². The Morgan fingerprint density at radius 1 is 1.58 bits per heavy atom. The van der Waals surface area contributed by atoms with E-state index in [0.29, 0.717) is 6.54 Å². The number of nitrogens with one attached hydrogen (secondary N) is 2. The fraction of sp³-hybridized carbons (Fsp3) is 0.357. The fourth-order valence-electron chi connectivity index (χ4n) is 1.56. The molecule has 1 atom stereocenters. The van der Waals surface area contributed by atoms with Crippen molar-refractivity contribution in [1.82, 2.24) is 10.6 Å². The highest BCUT2D eigenvalue weighted by Crippen LogP contribution is 2.27. The number of benzene rings is 1. The first-order chi connectivity index (χ1) is 9.08. The summed E-state index contributed by atoms with van der Waals surface area (Å²) in [5, 5.41) is 5.88. The number of hydrogen-bond acceptors (Lipinski definition) is 3. The Morgan fingerprint density at radius 2 is 2.32 bits per heavy atom. The third-order valence-electron chi connectivity index (χ3n) is 2.69. The van der Waals surface area contributed by atoms with Gasteiger partial charge in [-0.05, 0) is 40.5 Å². The molecule has 0 fully saturated rings. The van der Waals surface area contributed by atoms with Gasteiger partial charge in [0.1, 0.15) is 5.75 Å². The fourth-order valence-corrected chi connectivity index (χ4v) is 2.12. The average Bonchev–Trinajstić information content (AvgIpc) is 2.42. The quantitative estimate of drug-likeness (QED) is 0.756. The lowest BCUT2D eigenvalue weighted by molar-refractivity contribution is -0.120. The third kappa shape index (κ3) is 5.04. The van der Waals surface area contributed by atoms with E-state index in [1.54, 1.807) is 13.2 Å². The molecule has 0 aliphatic heterocycles. The number of methoxy groups -OCH3 is 1. The Morgan fingerprint density at radius 3 is 2.89 bits per heavy atom. The van der Waals surface area contributed by atoms with Gasteiger partial charge in [0, 0.05) is 12.6 Å². The summed E-state index contributed by atoms with van der Waals surface area (Å²) in [6.45, 7) is 6.32. The van der Waals surface area contributed by atoms with Crippen molar-refractivity contribution in [2.45, 2.75) is 13.0 Å². The van der Waals surface area contributed by atoms with Crippen LogP contribution in [-0.4, -0.2) is 26.1 Å². The highest BCUT2D eigenvalue weighted by atomic mass is 79.9. The van der Waals surface area contributed by atoms with Gasteiger partial charge < -0.3 is 15.4 Å². The zero-order valence-corrected chi connectivity index (χ0v) is 12.8. The summed E-state index contributed by atoms with van der Waals surface area (Å²) < 4.78 is 6.08. The molecule has 4 nitrogen and oxygen atoms in total. The maximum atomic E-state index is 11.5. The first kappa shape index (κ1) is 15.7. The highest BCUT2D eigenvalue weighted by Gasteiger charge is 2.09.